The van der Waals surface area contributed by atoms with Gasteiger partial charge in [-0.25, -0.2) is 4.39 Å². The third-order valence-electron chi connectivity index (χ3n) is 3.51. The molecule has 1 aliphatic heterocycles. The molecule has 0 saturated carbocycles. The molecule has 100 valence electrons. The molecule has 0 spiro atoms. The molecule has 1 aromatic rings. The molecule has 2 nitrogen and oxygen atoms in total. The molecule has 2 rings (SSSR count). The lowest BCUT2D eigenvalue weighted by atomic mass is 10.0. The minimum Gasteiger partial charge on any atom is -0.368 e. The standard InChI is InChI=1S/C15H23FN2/c1-11(2)8-14-10-18(7-6-17-14)15-5-4-13(16)9-12(15)3/h4-5,9,11,14,17H,6-8,10H2,1-3H3. The van der Waals surface area contributed by atoms with Gasteiger partial charge in [0.1, 0.15) is 5.82 Å². The molecular formula is C15H23FN2. The SMILES string of the molecule is Cc1cc(F)ccc1N1CCNC(CC(C)C)C1. The maximum absolute atomic E-state index is 13.1. The Balaban J connectivity index is 2.08. The molecule has 1 aliphatic rings. The predicted octanol–water partition coefficient (Wildman–Crippen LogP) is 2.96. The summed E-state index contributed by atoms with van der Waals surface area (Å²) < 4.78 is 13.1. The van der Waals surface area contributed by atoms with E-state index >= 15 is 0 Å². The van der Waals surface area contributed by atoms with Crippen molar-refractivity contribution in [2.75, 3.05) is 24.5 Å². The summed E-state index contributed by atoms with van der Waals surface area (Å²) in [5.41, 5.74) is 2.20. The van der Waals surface area contributed by atoms with Crippen molar-refractivity contribution in [1.82, 2.24) is 5.32 Å². The first kappa shape index (κ1) is 13.3. The van der Waals surface area contributed by atoms with E-state index in [9.17, 15) is 4.39 Å². The molecular weight excluding hydrogens is 227 g/mol. The van der Waals surface area contributed by atoms with E-state index in [0.717, 1.165) is 25.2 Å². The Morgan fingerprint density at radius 1 is 1.44 bits per heavy atom. The largest absolute Gasteiger partial charge is 0.368 e. The van der Waals surface area contributed by atoms with Crippen molar-refractivity contribution < 1.29 is 4.39 Å². The zero-order chi connectivity index (χ0) is 13.1. The number of halogens is 1. The third kappa shape index (κ3) is 3.22. The molecule has 1 N–H and O–H groups in total. The lowest BCUT2D eigenvalue weighted by Crippen LogP contribution is -2.51. The van der Waals surface area contributed by atoms with Gasteiger partial charge in [0.2, 0.25) is 0 Å². The van der Waals surface area contributed by atoms with Gasteiger partial charge in [-0.3, -0.25) is 0 Å². The molecule has 3 heteroatoms. The highest BCUT2D eigenvalue weighted by atomic mass is 19.1. The molecule has 0 aromatic heterocycles. The average molecular weight is 250 g/mol. The number of hydrogen-bond donors (Lipinski definition) is 1. The van der Waals surface area contributed by atoms with Crippen LogP contribution in [-0.4, -0.2) is 25.7 Å². The maximum Gasteiger partial charge on any atom is 0.123 e. The second-order valence-electron chi connectivity index (χ2n) is 5.66. The number of nitrogens with zero attached hydrogens (tertiary/aromatic N) is 1. The van der Waals surface area contributed by atoms with Gasteiger partial charge in [-0.1, -0.05) is 13.8 Å². The summed E-state index contributed by atoms with van der Waals surface area (Å²) in [5, 5.41) is 3.57. The number of nitrogens with one attached hydrogen (secondary N) is 1. The lowest BCUT2D eigenvalue weighted by Gasteiger charge is -2.36. The molecule has 1 aromatic carbocycles. The highest BCUT2D eigenvalue weighted by Crippen LogP contribution is 2.23. The summed E-state index contributed by atoms with van der Waals surface area (Å²) >= 11 is 0. The Morgan fingerprint density at radius 3 is 2.89 bits per heavy atom. The quantitative estimate of drug-likeness (QED) is 0.887. The summed E-state index contributed by atoms with van der Waals surface area (Å²) in [5.74, 6) is 0.557. The smallest absolute Gasteiger partial charge is 0.123 e. The van der Waals surface area contributed by atoms with Gasteiger partial charge in [0.25, 0.3) is 0 Å². The topological polar surface area (TPSA) is 15.3 Å². The Hall–Kier alpha value is -1.09. The van der Waals surface area contributed by atoms with Crippen LogP contribution < -0.4 is 10.2 Å². The fourth-order valence-corrected chi connectivity index (χ4v) is 2.74. The predicted molar refractivity (Wildman–Crippen MR) is 74.6 cm³/mol. The number of anilines is 1. The van der Waals surface area contributed by atoms with Crippen molar-refractivity contribution in [2.24, 2.45) is 5.92 Å². The number of benzene rings is 1. The van der Waals surface area contributed by atoms with E-state index in [0.29, 0.717) is 12.0 Å². The van der Waals surface area contributed by atoms with Crippen LogP contribution in [0.4, 0.5) is 10.1 Å². The number of piperazine rings is 1. The molecule has 18 heavy (non-hydrogen) atoms. The van der Waals surface area contributed by atoms with Gasteiger partial charge in [0.15, 0.2) is 0 Å². The first-order valence-corrected chi connectivity index (χ1v) is 6.80. The van der Waals surface area contributed by atoms with Crippen molar-refractivity contribution in [3.8, 4) is 0 Å². The van der Waals surface area contributed by atoms with Crippen molar-refractivity contribution >= 4 is 5.69 Å². The Morgan fingerprint density at radius 2 is 2.22 bits per heavy atom. The van der Waals surface area contributed by atoms with Crippen LogP contribution in [0.2, 0.25) is 0 Å². The molecule has 1 saturated heterocycles. The van der Waals surface area contributed by atoms with Gasteiger partial charge < -0.3 is 10.2 Å². The highest BCUT2D eigenvalue weighted by molar-refractivity contribution is 5.53. The molecule has 0 aliphatic carbocycles. The summed E-state index contributed by atoms with van der Waals surface area (Å²) in [6, 6.07) is 5.63. The van der Waals surface area contributed by atoms with Crippen LogP contribution in [0.25, 0.3) is 0 Å². The monoisotopic (exact) mass is 250 g/mol. The third-order valence-corrected chi connectivity index (χ3v) is 3.51. The van der Waals surface area contributed by atoms with Crippen molar-refractivity contribution in [1.29, 1.82) is 0 Å². The summed E-state index contributed by atoms with van der Waals surface area (Å²) in [4.78, 5) is 2.37. The normalized spacial score (nSPS) is 20.5. The molecule has 0 radical (unpaired) electrons. The second-order valence-corrected chi connectivity index (χ2v) is 5.66. The van der Waals surface area contributed by atoms with Crippen LogP contribution in [0.15, 0.2) is 18.2 Å². The van der Waals surface area contributed by atoms with E-state index in [2.05, 4.69) is 24.1 Å². The highest BCUT2D eigenvalue weighted by Gasteiger charge is 2.21. The van der Waals surface area contributed by atoms with Crippen LogP contribution in [0.1, 0.15) is 25.8 Å². The Kier molecular flexibility index (Phi) is 4.23. The molecule has 0 bridgehead atoms. The summed E-state index contributed by atoms with van der Waals surface area (Å²) in [6.07, 6.45) is 1.19. The lowest BCUT2D eigenvalue weighted by molar-refractivity contribution is 0.388. The van der Waals surface area contributed by atoms with Gasteiger partial charge >= 0.3 is 0 Å². The first-order valence-electron chi connectivity index (χ1n) is 6.80. The average Bonchev–Trinajstić information content (AvgIpc) is 2.28. The summed E-state index contributed by atoms with van der Waals surface area (Å²) in [6.45, 7) is 9.52. The van der Waals surface area contributed by atoms with Crippen LogP contribution in [0.5, 0.6) is 0 Å². The Labute approximate surface area is 109 Å². The number of hydrogen-bond acceptors (Lipinski definition) is 2. The molecule has 1 atom stereocenters. The number of rotatable bonds is 3. The maximum atomic E-state index is 13.1. The van der Waals surface area contributed by atoms with E-state index in [1.54, 1.807) is 12.1 Å². The molecule has 1 heterocycles. The van der Waals surface area contributed by atoms with Gasteiger partial charge in [0.05, 0.1) is 0 Å². The minimum atomic E-state index is -0.148. The van der Waals surface area contributed by atoms with Crippen molar-refractivity contribution in [3.63, 3.8) is 0 Å². The van der Waals surface area contributed by atoms with E-state index in [1.165, 1.54) is 12.1 Å². The van der Waals surface area contributed by atoms with Gasteiger partial charge in [-0.15, -0.1) is 0 Å². The minimum absolute atomic E-state index is 0.148. The summed E-state index contributed by atoms with van der Waals surface area (Å²) in [7, 11) is 0. The fourth-order valence-electron chi connectivity index (χ4n) is 2.74. The zero-order valence-electron chi connectivity index (χ0n) is 11.5. The zero-order valence-corrected chi connectivity index (χ0v) is 11.5. The first-order chi connectivity index (χ1) is 8.56. The molecule has 0 amide bonds. The van der Waals surface area contributed by atoms with E-state index in [-0.39, 0.29) is 5.82 Å². The van der Waals surface area contributed by atoms with Gasteiger partial charge in [-0.2, -0.15) is 0 Å². The van der Waals surface area contributed by atoms with Gasteiger partial charge in [0, 0.05) is 31.4 Å². The van der Waals surface area contributed by atoms with Gasteiger partial charge in [-0.05, 0) is 43.0 Å². The van der Waals surface area contributed by atoms with E-state index < -0.39 is 0 Å². The van der Waals surface area contributed by atoms with E-state index in [4.69, 9.17) is 0 Å². The van der Waals surface area contributed by atoms with Crippen LogP contribution in [0.3, 0.4) is 0 Å². The second kappa shape index (κ2) is 5.70. The Bertz CT molecular complexity index is 403. The van der Waals surface area contributed by atoms with Crippen molar-refractivity contribution in [2.45, 2.75) is 33.2 Å². The van der Waals surface area contributed by atoms with Crippen LogP contribution in [0, 0.1) is 18.7 Å². The van der Waals surface area contributed by atoms with Crippen LogP contribution >= 0.6 is 0 Å². The van der Waals surface area contributed by atoms with Crippen LogP contribution in [-0.2, 0) is 0 Å². The molecule has 1 fully saturated rings. The van der Waals surface area contributed by atoms with E-state index in [1.807, 2.05) is 13.0 Å². The fraction of sp³-hybridized carbons (Fsp3) is 0.600. The van der Waals surface area contributed by atoms with Crippen molar-refractivity contribution in [3.05, 3.63) is 29.6 Å². The number of aryl methyl sites for hydroxylation is 1. The molecule has 1 unspecified atom stereocenters.